The lowest BCUT2D eigenvalue weighted by atomic mass is 9.87. The Kier molecular flexibility index (Phi) is 4.58. The maximum Gasteiger partial charge on any atom is 0.266 e. The molecule has 0 bridgehead atoms. The largest absolute Gasteiger partial charge is 0.481 e. The standard InChI is InChI=1S/C18H23N3O2S/c1-11(23-14-9-7-13(8-10-14)18(2,3)4)15(22)19-17-21-20-16(24-17)12-5-6-12/h7-12H,5-6H2,1-4H3,(H,19,21,22). The van der Waals surface area contributed by atoms with Gasteiger partial charge >= 0.3 is 0 Å². The van der Waals surface area contributed by atoms with Gasteiger partial charge in [0.2, 0.25) is 5.13 Å². The second-order valence-electron chi connectivity index (χ2n) is 7.24. The highest BCUT2D eigenvalue weighted by Gasteiger charge is 2.28. The van der Waals surface area contributed by atoms with Crippen LogP contribution in [0.1, 0.15) is 57.0 Å². The van der Waals surface area contributed by atoms with E-state index in [1.54, 1.807) is 6.92 Å². The molecule has 0 saturated heterocycles. The fourth-order valence-electron chi connectivity index (χ4n) is 2.28. The summed E-state index contributed by atoms with van der Waals surface area (Å²) in [5, 5.41) is 12.5. The van der Waals surface area contributed by atoms with Gasteiger partial charge in [0.15, 0.2) is 6.10 Å². The molecule has 1 aliphatic carbocycles. The molecule has 1 aromatic carbocycles. The van der Waals surface area contributed by atoms with Crippen LogP contribution in [0.4, 0.5) is 5.13 Å². The fraction of sp³-hybridized carbons (Fsp3) is 0.500. The third-order valence-corrected chi connectivity index (χ3v) is 5.00. The summed E-state index contributed by atoms with van der Waals surface area (Å²) < 4.78 is 5.73. The number of benzene rings is 1. The zero-order chi connectivity index (χ0) is 17.3. The summed E-state index contributed by atoms with van der Waals surface area (Å²) in [6.45, 7) is 8.22. The van der Waals surface area contributed by atoms with Crippen molar-refractivity contribution in [2.75, 3.05) is 5.32 Å². The maximum absolute atomic E-state index is 12.2. The van der Waals surface area contributed by atoms with Crippen molar-refractivity contribution in [3.8, 4) is 5.75 Å². The SMILES string of the molecule is CC(Oc1ccc(C(C)(C)C)cc1)C(=O)Nc1nnc(C2CC2)s1. The first-order chi connectivity index (χ1) is 11.3. The maximum atomic E-state index is 12.2. The molecule has 2 aromatic rings. The molecule has 128 valence electrons. The van der Waals surface area contributed by atoms with Crippen LogP contribution in [0.2, 0.25) is 0 Å². The van der Waals surface area contributed by atoms with Gasteiger partial charge in [-0.2, -0.15) is 0 Å². The van der Waals surface area contributed by atoms with Crippen LogP contribution in [-0.4, -0.2) is 22.2 Å². The molecule has 0 radical (unpaired) electrons. The van der Waals surface area contributed by atoms with Gasteiger partial charge in [-0.15, -0.1) is 10.2 Å². The number of aromatic nitrogens is 2. The Labute approximate surface area is 146 Å². The van der Waals surface area contributed by atoms with Crippen molar-refractivity contribution in [3.63, 3.8) is 0 Å². The monoisotopic (exact) mass is 345 g/mol. The summed E-state index contributed by atoms with van der Waals surface area (Å²) in [6.07, 6.45) is 1.75. The Morgan fingerprint density at radius 2 is 1.92 bits per heavy atom. The number of carbonyl (C=O) groups is 1. The summed E-state index contributed by atoms with van der Waals surface area (Å²) in [6, 6.07) is 7.88. The Balaban J connectivity index is 1.57. The highest BCUT2D eigenvalue weighted by atomic mass is 32.1. The fourth-order valence-corrected chi connectivity index (χ4v) is 3.19. The average molecular weight is 345 g/mol. The van der Waals surface area contributed by atoms with Crippen molar-refractivity contribution in [1.29, 1.82) is 0 Å². The van der Waals surface area contributed by atoms with E-state index in [9.17, 15) is 4.79 Å². The predicted octanol–water partition coefficient (Wildman–Crippen LogP) is 4.12. The highest BCUT2D eigenvalue weighted by Crippen LogP contribution is 2.42. The number of hydrogen-bond acceptors (Lipinski definition) is 5. The van der Waals surface area contributed by atoms with Gasteiger partial charge in [-0.3, -0.25) is 10.1 Å². The van der Waals surface area contributed by atoms with E-state index in [0.717, 1.165) is 5.01 Å². The molecule has 0 aliphatic heterocycles. The van der Waals surface area contributed by atoms with E-state index in [1.165, 1.54) is 29.7 Å². The Bertz CT molecular complexity index is 715. The molecule has 0 spiro atoms. The summed E-state index contributed by atoms with van der Waals surface area (Å²) >= 11 is 1.45. The minimum Gasteiger partial charge on any atom is -0.481 e. The van der Waals surface area contributed by atoms with Crippen LogP contribution in [0.5, 0.6) is 5.75 Å². The van der Waals surface area contributed by atoms with E-state index >= 15 is 0 Å². The number of nitrogens with one attached hydrogen (secondary N) is 1. The van der Waals surface area contributed by atoms with Crippen LogP contribution < -0.4 is 10.1 Å². The molecule has 1 saturated carbocycles. The van der Waals surface area contributed by atoms with Gasteiger partial charge in [0.1, 0.15) is 10.8 Å². The Morgan fingerprint density at radius 3 is 2.50 bits per heavy atom. The molecule has 1 aliphatic rings. The van der Waals surface area contributed by atoms with Crippen LogP contribution in [0.15, 0.2) is 24.3 Å². The van der Waals surface area contributed by atoms with Crippen molar-refractivity contribution < 1.29 is 9.53 Å². The summed E-state index contributed by atoms with van der Waals surface area (Å²) in [7, 11) is 0. The van der Waals surface area contributed by atoms with Gasteiger partial charge in [0.05, 0.1) is 0 Å². The van der Waals surface area contributed by atoms with E-state index in [-0.39, 0.29) is 11.3 Å². The lowest BCUT2D eigenvalue weighted by Crippen LogP contribution is -2.30. The third-order valence-electron chi connectivity index (χ3n) is 4.00. The van der Waals surface area contributed by atoms with Crippen LogP contribution in [0, 0.1) is 0 Å². The zero-order valence-electron chi connectivity index (χ0n) is 14.5. The van der Waals surface area contributed by atoms with Gasteiger partial charge < -0.3 is 4.74 Å². The number of carbonyl (C=O) groups excluding carboxylic acids is 1. The molecule has 1 amide bonds. The first-order valence-electron chi connectivity index (χ1n) is 8.24. The number of ether oxygens (including phenoxy) is 1. The van der Waals surface area contributed by atoms with E-state index in [2.05, 4.69) is 36.3 Å². The summed E-state index contributed by atoms with van der Waals surface area (Å²) in [4.78, 5) is 12.2. The predicted molar refractivity (Wildman–Crippen MR) is 95.7 cm³/mol. The number of nitrogens with zero attached hydrogens (tertiary/aromatic N) is 2. The first-order valence-corrected chi connectivity index (χ1v) is 9.06. The van der Waals surface area contributed by atoms with Crippen molar-refractivity contribution in [2.24, 2.45) is 0 Å². The minimum atomic E-state index is -0.598. The lowest BCUT2D eigenvalue weighted by molar-refractivity contribution is -0.122. The second-order valence-corrected chi connectivity index (χ2v) is 8.25. The number of amides is 1. The number of anilines is 1. The molecule has 1 atom stereocenters. The van der Waals surface area contributed by atoms with Gasteiger partial charge in [0.25, 0.3) is 5.91 Å². The van der Waals surface area contributed by atoms with Gasteiger partial charge in [-0.25, -0.2) is 0 Å². The van der Waals surface area contributed by atoms with E-state index in [0.29, 0.717) is 16.8 Å². The Morgan fingerprint density at radius 1 is 1.25 bits per heavy atom. The molecular weight excluding hydrogens is 322 g/mol. The zero-order valence-corrected chi connectivity index (χ0v) is 15.3. The normalized spacial score (nSPS) is 15.8. The molecule has 1 heterocycles. The van der Waals surface area contributed by atoms with E-state index < -0.39 is 6.10 Å². The lowest BCUT2D eigenvalue weighted by Gasteiger charge is -2.20. The minimum absolute atomic E-state index is 0.0959. The molecule has 3 rings (SSSR count). The summed E-state index contributed by atoms with van der Waals surface area (Å²) in [5.41, 5.74) is 1.33. The molecule has 1 aromatic heterocycles. The van der Waals surface area contributed by atoms with Crippen LogP contribution in [0.3, 0.4) is 0 Å². The summed E-state index contributed by atoms with van der Waals surface area (Å²) in [5.74, 6) is 1.01. The second kappa shape index (κ2) is 6.51. The van der Waals surface area contributed by atoms with Crippen LogP contribution in [-0.2, 0) is 10.2 Å². The van der Waals surface area contributed by atoms with Gasteiger partial charge in [0, 0.05) is 5.92 Å². The molecule has 1 N–H and O–H groups in total. The smallest absolute Gasteiger partial charge is 0.266 e. The highest BCUT2D eigenvalue weighted by molar-refractivity contribution is 7.15. The number of hydrogen-bond donors (Lipinski definition) is 1. The van der Waals surface area contributed by atoms with Gasteiger partial charge in [-0.05, 0) is 42.9 Å². The quantitative estimate of drug-likeness (QED) is 0.885. The molecule has 24 heavy (non-hydrogen) atoms. The van der Waals surface area contributed by atoms with Gasteiger partial charge in [-0.1, -0.05) is 44.2 Å². The third kappa shape index (κ3) is 4.12. The molecular formula is C18H23N3O2S. The molecule has 6 heteroatoms. The van der Waals surface area contributed by atoms with Crippen LogP contribution >= 0.6 is 11.3 Å². The van der Waals surface area contributed by atoms with Crippen LogP contribution in [0.25, 0.3) is 0 Å². The first kappa shape index (κ1) is 16.9. The molecule has 1 unspecified atom stereocenters. The topological polar surface area (TPSA) is 64.1 Å². The van der Waals surface area contributed by atoms with E-state index in [1.807, 2.05) is 24.3 Å². The van der Waals surface area contributed by atoms with Crippen molar-refractivity contribution in [1.82, 2.24) is 10.2 Å². The van der Waals surface area contributed by atoms with Crippen molar-refractivity contribution in [2.45, 2.75) is 58.0 Å². The molecule has 5 nitrogen and oxygen atoms in total. The van der Waals surface area contributed by atoms with Crippen molar-refractivity contribution >= 4 is 22.4 Å². The van der Waals surface area contributed by atoms with Crippen molar-refractivity contribution in [3.05, 3.63) is 34.8 Å². The number of rotatable bonds is 5. The molecule has 1 fully saturated rings. The average Bonchev–Trinajstić information content (AvgIpc) is 3.27. The van der Waals surface area contributed by atoms with E-state index in [4.69, 9.17) is 4.74 Å². The Hall–Kier alpha value is -1.95.